The van der Waals surface area contributed by atoms with Gasteiger partial charge in [-0.2, -0.15) is 0 Å². The molecule has 0 atom stereocenters. The fraction of sp³-hybridized carbons (Fsp3) is 0.941. The molecule has 0 aliphatic carbocycles. The van der Waals surface area contributed by atoms with Crippen LogP contribution in [0.5, 0.6) is 0 Å². The maximum Gasteiger partial charge on any atom is 0.516 e. The molecule has 0 saturated carbocycles. The normalized spacial score (nSPS) is 10.3. The summed E-state index contributed by atoms with van der Waals surface area (Å²) in [5, 5.41) is 15.0. The van der Waals surface area contributed by atoms with Gasteiger partial charge in [-0.15, -0.1) is 0 Å². The van der Waals surface area contributed by atoms with Crippen LogP contribution in [0.25, 0.3) is 0 Å². The minimum atomic E-state index is -1.81. The molecular formula is C34H70O5. The Morgan fingerprint density at radius 3 is 0.538 bits per heavy atom. The first-order chi connectivity index (χ1) is 19.0. The van der Waals surface area contributed by atoms with E-state index >= 15 is 0 Å². The van der Waals surface area contributed by atoms with Crippen LogP contribution in [0.3, 0.4) is 0 Å². The van der Waals surface area contributed by atoms with Crippen LogP contribution in [0.15, 0.2) is 0 Å². The Kier molecular flexibility index (Phi) is 44.6. The van der Waals surface area contributed by atoms with Gasteiger partial charge in [0.1, 0.15) is 0 Å². The van der Waals surface area contributed by atoms with Crippen molar-refractivity contribution in [3.05, 3.63) is 0 Å². The Morgan fingerprint density at radius 2 is 0.462 bits per heavy atom. The van der Waals surface area contributed by atoms with Gasteiger partial charge in [0.05, 0.1) is 0 Å². The lowest BCUT2D eigenvalue weighted by molar-refractivity contribution is 0.0802. The topological polar surface area (TPSA) is 83.8 Å². The van der Waals surface area contributed by atoms with Gasteiger partial charge in [-0.05, 0) is 0 Å². The first-order valence-electron chi connectivity index (χ1n) is 17.1. The zero-order chi connectivity index (χ0) is 29.7. The molecule has 39 heavy (non-hydrogen) atoms. The van der Waals surface area contributed by atoms with Gasteiger partial charge >= 0.3 is 12.3 Å². The van der Waals surface area contributed by atoms with Crippen molar-refractivity contribution in [2.75, 3.05) is 0 Å². The minimum absolute atomic E-state index is 1.37. The summed E-state index contributed by atoms with van der Waals surface area (Å²) >= 11 is 0. The maximum atomic E-state index is 9.21. The highest BCUT2D eigenvalue weighted by molar-refractivity contribution is 5.74. The van der Waals surface area contributed by atoms with Gasteiger partial charge in [0.25, 0.3) is 0 Å². The van der Waals surface area contributed by atoms with E-state index in [0.29, 0.717) is 0 Å². The number of unbranched alkanes of at least 4 members (excludes halogenated alkanes) is 26. The summed E-state index contributed by atoms with van der Waals surface area (Å²) in [6, 6.07) is 0. The predicted octanol–water partition coefficient (Wildman–Crippen LogP) is 13.3. The van der Waals surface area contributed by atoms with Crippen molar-refractivity contribution in [3.8, 4) is 0 Å². The molecule has 0 heterocycles. The summed E-state index contributed by atoms with van der Waals surface area (Å²) in [5.41, 5.74) is 0. The fourth-order valence-corrected chi connectivity index (χ4v) is 4.61. The number of hydrogen-bond acceptors (Lipinski definition) is 3. The van der Waals surface area contributed by atoms with Crippen molar-refractivity contribution >= 4 is 12.3 Å². The molecule has 0 saturated heterocycles. The average Bonchev–Trinajstić information content (AvgIpc) is 2.90. The van der Waals surface area contributed by atoms with Crippen molar-refractivity contribution in [3.63, 3.8) is 0 Å². The first kappa shape index (κ1) is 42.2. The van der Waals surface area contributed by atoms with Crippen LogP contribution in [-0.4, -0.2) is 22.5 Å². The van der Waals surface area contributed by atoms with Crippen LogP contribution >= 0.6 is 0 Å². The molecule has 236 valence electrons. The lowest BCUT2D eigenvalue weighted by Crippen LogP contribution is -2.05. The van der Waals surface area contributed by atoms with E-state index in [-0.39, 0.29) is 0 Å². The third-order valence-electron chi connectivity index (χ3n) is 7.09. The molecule has 0 fully saturated rings. The molecule has 0 aromatic rings. The molecular weight excluding hydrogens is 488 g/mol. The van der Waals surface area contributed by atoms with Crippen molar-refractivity contribution < 1.29 is 24.5 Å². The molecule has 0 radical (unpaired) electrons. The van der Waals surface area contributed by atoms with Gasteiger partial charge in [-0.1, -0.05) is 207 Å². The van der Waals surface area contributed by atoms with Gasteiger partial charge < -0.3 is 14.9 Å². The lowest BCUT2D eigenvalue weighted by Gasteiger charge is -2.02. The second-order valence-electron chi connectivity index (χ2n) is 11.1. The summed E-state index contributed by atoms with van der Waals surface area (Å²) in [6.07, 6.45) is 37.2. The molecule has 0 bridgehead atoms. The molecule has 5 nitrogen and oxygen atoms in total. The summed E-state index contributed by atoms with van der Waals surface area (Å²) in [6.45, 7) is 9.16. The van der Waals surface area contributed by atoms with Crippen LogP contribution in [0, 0.1) is 0 Å². The minimum Gasteiger partial charge on any atom is -0.449 e. The first-order valence-corrected chi connectivity index (χ1v) is 17.1. The summed E-state index contributed by atoms with van der Waals surface area (Å²) in [7, 11) is 0. The van der Waals surface area contributed by atoms with E-state index in [2.05, 4.69) is 32.4 Å². The standard InChI is InChI=1S/2C16H34.C2H2O5/c2*1-3-5-7-9-11-13-15-16-14-12-10-8-6-4-2;3-1(4)7-2(5)6/h2*3-16H2,1-2H3;(H,3,4)(H,5,6). The number of ether oxygens (including phenoxy) is 1. The van der Waals surface area contributed by atoms with Gasteiger partial charge in [0, 0.05) is 0 Å². The lowest BCUT2D eigenvalue weighted by atomic mass is 10.0. The predicted molar refractivity (Wildman–Crippen MR) is 169 cm³/mol. The van der Waals surface area contributed by atoms with Crippen LogP contribution in [0.2, 0.25) is 0 Å². The highest BCUT2D eigenvalue weighted by atomic mass is 16.7. The Labute approximate surface area is 244 Å². The summed E-state index contributed by atoms with van der Waals surface area (Å²) < 4.78 is 3.08. The van der Waals surface area contributed by atoms with Gasteiger partial charge in [0.2, 0.25) is 0 Å². The van der Waals surface area contributed by atoms with E-state index in [4.69, 9.17) is 10.2 Å². The molecule has 5 heteroatoms. The highest BCUT2D eigenvalue weighted by Crippen LogP contribution is 2.14. The van der Waals surface area contributed by atoms with E-state index in [9.17, 15) is 9.59 Å². The number of carbonyl (C=O) groups is 2. The Morgan fingerprint density at radius 1 is 0.333 bits per heavy atom. The number of hydrogen-bond donors (Lipinski definition) is 2. The zero-order valence-electron chi connectivity index (χ0n) is 26.9. The van der Waals surface area contributed by atoms with Crippen LogP contribution in [-0.2, 0) is 4.74 Å². The van der Waals surface area contributed by atoms with Crippen molar-refractivity contribution in [1.82, 2.24) is 0 Å². The Bertz CT molecular complexity index is 385. The molecule has 0 aliphatic rings. The second kappa shape index (κ2) is 41.2. The van der Waals surface area contributed by atoms with E-state index < -0.39 is 12.3 Å². The largest absolute Gasteiger partial charge is 0.516 e. The molecule has 0 aliphatic heterocycles. The number of rotatable bonds is 26. The molecule has 0 unspecified atom stereocenters. The molecule has 0 amide bonds. The monoisotopic (exact) mass is 559 g/mol. The third kappa shape index (κ3) is 53.7. The Balaban J connectivity index is -0.000000537. The number of carboxylic acid groups (broad SMARTS) is 2. The van der Waals surface area contributed by atoms with Crippen LogP contribution < -0.4 is 0 Å². The smallest absolute Gasteiger partial charge is 0.449 e. The molecule has 2 N–H and O–H groups in total. The maximum absolute atomic E-state index is 9.21. The van der Waals surface area contributed by atoms with E-state index in [1.807, 2.05) is 0 Å². The van der Waals surface area contributed by atoms with Crippen LogP contribution in [0.1, 0.15) is 207 Å². The van der Waals surface area contributed by atoms with Crippen LogP contribution in [0.4, 0.5) is 9.59 Å². The van der Waals surface area contributed by atoms with Gasteiger partial charge in [-0.3, -0.25) is 0 Å². The fourth-order valence-electron chi connectivity index (χ4n) is 4.61. The van der Waals surface area contributed by atoms with E-state index in [0.717, 1.165) is 0 Å². The molecule has 0 aromatic heterocycles. The Hall–Kier alpha value is -1.26. The van der Waals surface area contributed by atoms with Crippen molar-refractivity contribution in [2.24, 2.45) is 0 Å². The second-order valence-corrected chi connectivity index (χ2v) is 11.1. The van der Waals surface area contributed by atoms with E-state index in [1.165, 1.54) is 180 Å². The average molecular weight is 559 g/mol. The summed E-state index contributed by atoms with van der Waals surface area (Å²) in [4.78, 5) is 18.4. The molecule has 0 aromatic carbocycles. The van der Waals surface area contributed by atoms with Crippen molar-refractivity contribution in [2.45, 2.75) is 207 Å². The summed E-state index contributed by atoms with van der Waals surface area (Å²) in [5.74, 6) is 0. The van der Waals surface area contributed by atoms with Gasteiger partial charge in [0.15, 0.2) is 0 Å². The molecule has 0 rings (SSSR count). The molecule has 0 spiro atoms. The zero-order valence-corrected chi connectivity index (χ0v) is 26.9. The quantitative estimate of drug-likeness (QED) is 0.0626. The van der Waals surface area contributed by atoms with Gasteiger partial charge in [-0.25, -0.2) is 9.59 Å². The van der Waals surface area contributed by atoms with E-state index in [1.54, 1.807) is 0 Å². The third-order valence-corrected chi connectivity index (χ3v) is 7.09. The van der Waals surface area contributed by atoms with Crippen molar-refractivity contribution in [1.29, 1.82) is 0 Å². The SMILES string of the molecule is CCCCCCCCCCCCCCCC.CCCCCCCCCCCCCCCC.O=C(O)OC(=O)O. The highest BCUT2D eigenvalue weighted by Gasteiger charge is 2.01.